The molecule has 0 aromatic carbocycles. The monoisotopic (exact) mass is 440 g/mol. The Balaban J connectivity index is 1.77. The second kappa shape index (κ2) is 6.22. The molecule has 0 spiro atoms. The van der Waals surface area contributed by atoms with Crippen molar-refractivity contribution in [2.45, 2.75) is 68.9 Å². The molecule has 1 unspecified atom stereocenters. The Bertz CT molecular complexity index is 719. The van der Waals surface area contributed by atoms with E-state index in [1.54, 1.807) is 6.08 Å². The highest BCUT2D eigenvalue weighted by Crippen LogP contribution is 2.68. The molecule has 150 valence electrons. The topological polar surface area (TPSA) is 94.8 Å². The predicted octanol–water partition coefficient (Wildman–Crippen LogP) is 2.16. The van der Waals surface area contributed by atoms with Gasteiger partial charge in [-0.1, -0.05) is 35.4 Å². The summed E-state index contributed by atoms with van der Waals surface area (Å²) in [6.45, 7) is 3.39. The number of allylic oxidation sites excluding steroid dienone is 1. The molecule has 0 saturated heterocycles. The minimum Gasteiger partial charge on any atom is -0.393 e. The van der Waals surface area contributed by atoms with Crippen LogP contribution in [0.3, 0.4) is 0 Å². The number of alkyl halides is 1. The highest BCUT2D eigenvalue weighted by molar-refractivity contribution is 9.09. The molecule has 0 aromatic heterocycles. The molecule has 0 radical (unpaired) electrons. The first-order valence-electron chi connectivity index (χ1n) is 10.0. The Hall–Kier alpha value is -0.560. The van der Waals surface area contributed by atoms with Crippen LogP contribution in [0.25, 0.3) is 0 Å². The second-order valence-corrected chi connectivity index (χ2v) is 10.7. The standard InChI is InChI=1S/C21H29BrO5/c1-19-6-5-12(24)7-11(19)3-4-13-14-8-16(22)21(27,17(26)10-23)20(14,2)9-15(25)18(13)19/h7,13-16,18,23,25,27H,3-6,8-10H2,1-2H3/t13-,14-,15-,16?,18+,19-,20-,21-/m0/s1. The Kier molecular flexibility index (Phi) is 4.55. The van der Waals surface area contributed by atoms with Crippen molar-refractivity contribution >= 4 is 27.5 Å². The molecule has 4 rings (SSSR count). The van der Waals surface area contributed by atoms with E-state index in [1.807, 2.05) is 6.92 Å². The van der Waals surface area contributed by atoms with Crippen LogP contribution < -0.4 is 0 Å². The summed E-state index contributed by atoms with van der Waals surface area (Å²) < 4.78 is 0. The number of hydrogen-bond donors (Lipinski definition) is 3. The summed E-state index contributed by atoms with van der Waals surface area (Å²) in [5.74, 6) is -0.0670. The van der Waals surface area contributed by atoms with Gasteiger partial charge in [0.1, 0.15) is 12.2 Å². The number of carbonyl (C=O) groups is 2. The Morgan fingerprint density at radius 1 is 1.33 bits per heavy atom. The number of halogens is 1. The summed E-state index contributed by atoms with van der Waals surface area (Å²) >= 11 is 3.53. The Labute approximate surface area is 168 Å². The quantitative estimate of drug-likeness (QED) is 0.571. The number of fused-ring (bicyclic) bond motifs is 5. The molecule has 5 nitrogen and oxygen atoms in total. The molecule has 8 atom stereocenters. The lowest BCUT2D eigenvalue weighted by Crippen LogP contribution is -2.63. The molecular weight excluding hydrogens is 412 g/mol. The van der Waals surface area contributed by atoms with Crippen LogP contribution >= 0.6 is 15.9 Å². The van der Waals surface area contributed by atoms with Gasteiger partial charge in [-0.25, -0.2) is 0 Å². The van der Waals surface area contributed by atoms with Crippen LogP contribution in [0.5, 0.6) is 0 Å². The van der Waals surface area contributed by atoms with Crippen molar-refractivity contribution in [3.63, 3.8) is 0 Å². The minimum atomic E-state index is -1.67. The van der Waals surface area contributed by atoms with Crippen molar-refractivity contribution in [2.24, 2.45) is 28.6 Å². The zero-order chi connectivity index (χ0) is 19.8. The van der Waals surface area contributed by atoms with E-state index in [2.05, 4.69) is 22.9 Å². The predicted molar refractivity (Wildman–Crippen MR) is 103 cm³/mol. The van der Waals surface area contributed by atoms with Crippen LogP contribution in [0, 0.1) is 28.6 Å². The zero-order valence-corrected chi connectivity index (χ0v) is 17.5. The number of aliphatic hydroxyl groups is 3. The van der Waals surface area contributed by atoms with E-state index < -0.39 is 34.3 Å². The lowest BCUT2D eigenvalue weighted by Gasteiger charge is -2.60. The van der Waals surface area contributed by atoms with Gasteiger partial charge in [0.25, 0.3) is 0 Å². The van der Waals surface area contributed by atoms with Gasteiger partial charge in [0.15, 0.2) is 11.6 Å². The summed E-state index contributed by atoms with van der Waals surface area (Å²) in [5.41, 5.74) is -1.47. The van der Waals surface area contributed by atoms with Crippen molar-refractivity contribution < 1.29 is 24.9 Å². The molecule has 0 amide bonds. The van der Waals surface area contributed by atoms with E-state index in [4.69, 9.17) is 0 Å². The maximum atomic E-state index is 12.5. The fourth-order valence-corrected chi connectivity index (χ4v) is 8.45. The van der Waals surface area contributed by atoms with E-state index in [9.17, 15) is 24.9 Å². The normalized spacial score (nSPS) is 51.9. The minimum absolute atomic E-state index is 0.0370. The smallest absolute Gasteiger partial charge is 0.191 e. The molecule has 3 fully saturated rings. The first-order valence-corrected chi connectivity index (χ1v) is 10.9. The van der Waals surface area contributed by atoms with Crippen LogP contribution in [0.1, 0.15) is 52.4 Å². The van der Waals surface area contributed by atoms with Gasteiger partial charge in [-0.15, -0.1) is 0 Å². The van der Waals surface area contributed by atoms with Gasteiger partial charge in [-0.3, -0.25) is 9.59 Å². The molecule has 0 bridgehead atoms. The van der Waals surface area contributed by atoms with Crippen LogP contribution in [-0.2, 0) is 9.59 Å². The van der Waals surface area contributed by atoms with Gasteiger partial charge in [-0.2, -0.15) is 0 Å². The maximum absolute atomic E-state index is 12.5. The van der Waals surface area contributed by atoms with Gasteiger partial charge < -0.3 is 15.3 Å². The van der Waals surface area contributed by atoms with Crippen molar-refractivity contribution in [2.75, 3.05) is 6.61 Å². The fourth-order valence-electron chi connectivity index (χ4n) is 7.27. The SMILES string of the molecule is C[C@]12CCC(=O)C=C1CC[C@@H]1[C@@H]2[C@@H](O)C[C@@]2(C)[C@H]1CC(Br)[C@]2(O)C(=O)CO. The third kappa shape index (κ3) is 2.39. The van der Waals surface area contributed by atoms with E-state index >= 15 is 0 Å². The number of ketones is 2. The first kappa shape index (κ1) is 19.7. The highest BCUT2D eigenvalue weighted by atomic mass is 79.9. The van der Waals surface area contributed by atoms with Crippen molar-refractivity contribution in [3.8, 4) is 0 Å². The highest BCUT2D eigenvalue weighted by Gasteiger charge is 2.71. The molecule has 0 aliphatic heterocycles. The first-order chi connectivity index (χ1) is 12.6. The van der Waals surface area contributed by atoms with E-state index in [-0.39, 0.29) is 29.0 Å². The van der Waals surface area contributed by atoms with Crippen LogP contribution in [0.2, 0.25) is 0 Å². The van der Waals surface area contributed by atoms with Crippen LogP contribution in [-0.4, -0.2) is 50.0 Å². The van der Waals surface area contributed by atoms with Gasteiger partial charge in [0, 0.05) is 11.8 Å². The van der Waals surface area contributed by atoms with Gasteiger partial charge >= 0.3 is 0 Å². The lowest BCUT2D eigenvalue weighted by molar-refractivity contribution is -0.181. The van der Waals surface area contributed by atoms with Gasteiger partial charge in [-0.05, 0) is 61.3 Å². The number of Topliss-reactive ketones (excluding diaryl/α,β-unsaturated/α-hetero) is 1. The molecule has 0 aromatic rings. The van der Waals surface area contributed by atoms with Crippen molar-refractivity contribution in [3.05, 3.63) is 11.6 Å². The third-order valence-electron chi connectivity index (χ3n) is 8.64. The maximum Gasteiger partial charge on any atom is 0.191 e. The Morgan fingerprint density at radius 2 is 2.04 bits per heavy atom. The summed E-state index contributed by atoms with van der Waals surface area (Å²) in [6.07, 6.45) is 5.12. The molecule has 27 heavy (non-hydrogen) atoms. The lowest BCUT2D eigenvalue weighted by atomic mass is 9.45. The molecular formula is C21H29BrO5. The zero-order valence-electron chi connectivity index (χ0n) is 15.9. The van der Waals surface area contributed by atoms with E-state index in [1.165, 1.54) is 0 Å². The Morgan fingerprint density at radius 3 is 2.70 bits per heavy atom. The van der Waals surface area contributed by atoms with Crippen LogP contribution in [0.4, 0.5) is 0 Å². The van der Waals surface area contributed by atoms with Gasteiger partial charge in [0.05, 0.1) is 10.9 Å². The summed E-state index contributed by atoms with van der Waals surface area (Å²) in [4.78, 5) is 24.0. The van der Waals surface area contributed by atoms with Crippen molar-refractivity contribution in [1.82, 2.24) is 0 Å². The molecule has 6 heteroatoms. The number of hydrogen-bond acceptors (Lipinski definition) is 5. The largest absolute Gasteiger partial charge is 0.393 e. The van der Waals surface area contributed by atoms with E-state index in [0.717, 1.165) is 24.8 Å². The molecule has 3 N–H and O–H groups in total. The van der Waals surface area contributed by atoms with Crippen LogP contribution in [0.15, 0.2) is 11.6 Å². The molecule has 4 aliphatic carbocycles. The summed E-state index contributed by atoms with van der Waals surface area (Å²) in [6, 6.07) is 0. The number of aliphatic hydroxyl groups excluding tert-OH is 2. The summed E-state index contributed by atoms with van der Waals surface area (Å²) in [7, 11) is 0. The summed E-state index contributed by atoms with van der Waals surface area (Å²) in [5, 5.41) is 32.1. The molecule has 3 saturated carbocycles. The van der Waals surface area contributed by atoms with Gasteiger partial charge in [0.2, 0.25) is 0 Å². The number of carbonyl (C=O) groups excluding carboxylic acids is 2. The third-order valence-corrected chi connectivity index (χ3v) is 9.68. The number of rotatable bonds is 2. The average Bonchev–Trinajstić information content (AvgIpc) is 2.82. The second-order valence-electron chi connectivity index (χ2n) is 9.63. The average molecular weight is 441 g/mol. The van der Waals surface area contributed by atoms with E-state index in [0.29, 0.717) is 19.3 Å². The fraction of sp³-hybridized carbons (Fsp3) is 0.810. The van der Waals surface area contributed by atoms with Crippen molar-refractivity contribution in [1.29, 1.82) is 0 Å². The molecule has 4 aliphatic rings. The molecule has 0 heterocycles.